The van der Waals surface area contributed by atoms with Crippen LogP contribution in [-0.2, 0) is 9.47 Å². The number of rotatable bonds is 0. The average molecular weight is 371 g/mol. The second-order valence-electron chi connectivity index (χ2n) is 7.99. The highest BCUT2D eigenvalue weighted by molar-refractivity contribution is 6.05. The van der Waals surface area contributed by atoms with Gasteiger partial charge in [-0.15, -0.1) is 4.99 Å². The molecule has 1 aliphatic rings. The number of aliphatic imine (C=N–C) groups is 1. The van der Waals surface area contributed by atoms with Crippen molar-refractivity contribution < 1.29 is 23.9 Å². The Hall–Kier alpha value is -2.36. The molecule has 0 aromatic carbocycles. The zero-order chi connectivity index (χ0) is 20.1. The van der Waals surface area contributed by atoms with Crippen molar-refractivity contribution in [1.82, 2.24) is 15.5 Å². The molecular weight excluding hydrogens is 342 g/mol. The zero-order valence-electron chi connectivity index (χ0n) is 16.2. The molecule has 1 atom stereocenters. The van der Waals surface area contributed by atoms with Gasteiger partial charge in [-0.1, -0.05) is 0 Å². The lowest BCUT2D eigenvalue weighted by Crippen LogP contribution is -2.50. The third-order valence-corrected chi connectivity index (χ3v) is 2.95. The molecule has 0 bridgehead atoms. The number of hydrogen-bond acceptors (Lipinski definition) is 6. The first kappa shape index (κ1) is 21.7. The molecule has 1 fully saturated rings. The quantitative estimate of drug-likeness (QED) is 0.437. The number of ether oxygens (including phenoxy) is 2. The maximum Gasteiger partial charge on any atom is 0.437 e. The lowest BCUT2D eigenvalue weighted by atomic mass is 10.2. The Labute approximate surface area is 153 Å². The van der Waals surface area contributed by atoms with Gasteiger partial charge in [0, 0.05) is 19.1 Å². The van der Waals surface area contributed by atoms with Gasteiger partial charge >= 0.3 is 18.2 Å². The fraction of sp³-hybridized carbons (Fsp3) is 0.750. The Bertz CT molecular complexity index is 577. The van der Waals surface area contributed by atoms with Gasteiger partial charge < -0.3 is 20.1 Å². The molecule has 0 radical (unpaired) electrons. The van der Waals surface area contributed by atoms with Gasteiger partial charge in [-0.05, 0) is 48.0 Å². The monoisotopic (exact) mass is 371 g/mol. The van der Waals surface area contributed by atoms with Crippen molar-refractivity contribution in [3.05, 3.63) is 0 Å². The molecule has 1 unspecified atom stereocenters. The summed E-state index contributed by atoms with van der Waals surface area (Å²) in [6.07, 6.45) is -1.15. The van der Waals surface area contributed by atoms with E-state index in [1.54, 1.807) is 41.5 Å². The van der Waals surface area contributed by atoms with Crippen molar-refractivity contribution in [3.8, 4) is 0 Å². The number of alkyl carbamates (subject to hydrolysis) is 1. The molecule has 4 amide bonds. The fourth-order valence-corrected chi connectivity index (χ4v) is 2.02. The third kappa shape index (κ3) is 8.65. The SMILES string of the molecule is CC(C)(C)OC(=O)N=C(NC(=O)OC(C)(C)C)NC(=O)N1CCC(N)C1. The first-order chi connectivity index (χ1) is 11.7. The summed E-state index contributed by atoms with van der Waals surface area (Å²) in [4.78, 5) is 41.2. The minimum atomic E-state index is -0.956. The standard InChI is InChI=1S/C16H29N5O5/c1-15(2,3)25-13(23)19-11(20-14(24)26-16(4,5)6)18-12(22)21-8-7-10(17)9-21/h10H,7-9,17H2,1-6H3,(H2,18,19,20,22,23,24). The number of nitrogens with one attached hydrogen (secondary N) is 2. The molecule has 0 aliphatic carbocycles. The second-order valence-corrected chi connectivity index (χ2v) is 7.99. The van der Waals surface area contributed by atoms with E-state index in [1.165, 1.54) is 4.90 Å². The normalized spacial score (nSPS) is 18.3. The van der Waals surface area contributed by atoms with Gasteiger partial charge in [0.1, 0.15) is 11.2 Å². The molecule has 0 aromatic rings. The number of carbonyl (C=O) groups is 3. The number of urea groups is 1. The molecule has 4 N–H and O–H groups in total. The van der Waals surface area contributed by atoms with Gasteiger partial charge in [0.25, 0.3) is 0 Å². The van der Waals surface area contributed by atoms with Crippen molar-refractivity contribution in [1.29, 1.82) is 0 Å². The Morgan fingerprint density at radius 1 is 1.04 bits per heavy atom. The Kier molecular flexibility index (Phi) is 6.96. The largest absolute Gasteiger partial charge is 0.444 e. The summed E-state index contributed by atoms with van der Waals surface area (Å²) in [7, 11) is 0. The number of carbonyl (C=O) groups excluding carboxylic acids is 3. The number of amides is 4. The number of likely N-dealkylation sites (tertiary alicyclic amines) is 1. The predicted octanol–water partition coefficient (Wildman–Crippen LogP) is 1.54. The maximum absolute atomic E-state index is 12.3. The van der Waals surface area contributed by atoms with Crippen molar-refractivity contribution in [3.63, 3.8) is 0 Å². The predicted molar refractivity (Wildman–Crippen MR) is 95.7 cm³/mol. The summed E-state index contributed by atoms with van der Waals surface area (Å²) >= 11 is 0. The molecule has 10 heteroatoms. The lowest BCUT2D eigenvalue weighted by Gasteiger charge is -2.22. The van der Waals surface area contributed by atoms with Crippen molar-refractivity contribution in [2.75, 3.05) is 13.1 Å². The summed E-state index contributed by atoms with van der Waals surface area (Å²) in [5.74, 6) is -0.376. The molecular formula is C16H29N5O5. The highest BCUT2D eigenvalue weighted by Gasteiger charge is 2.26. The van der Waals surface area contributed by atoms with E-state index in [0.717, 1.165) is 0 Å². The van der Waals surface area contributed by atoms with E-state index in [9.17, 15) is 14.4 Å². The molecule has 1 rings (SSSR count). The Morgan fingerprint density at radius 3 is 2.08 bits per heavy atom. The summed E-state index contributed by atoms with van der Waals surface area (Å²) < 4.78 is 10.2. The smallest absolute Gasteiger partial charge is 0.437 e. The van der Waals surface area contributed by atoms with E-state index in [4.69, 9.17) is 15.2 Å². The summed E-state index contributed by atoms with van der Waals surface area (Å²) in [6.45, 7) is 10.9. The van der Waals surface area contributed by atoms with E-state index < -0.39 is 29.4 Å². The lowest BCUT2D eigenvalue weighted by molar-refractivity contribution is 0.0561. The summed E-state index contributed by atoms with van der Waals surface area (Å²) in [6, 6.07) is -0.637. The molecule has 0 saturated carbocycles. The first-order valence-electron chi connectivity index (χ1n) is 8.38. The number of nitrogens with zero attached hydrogens (tertiary/aromatic N) is 2. The van der Waals surface area contributed by atoms with Crippen LogP contribution >= 0.6 is 0 Å². The van der Waals surface area contributed by atoms with Crippen molar-refractivity contribution in [2.45, 2.75) is 65.2 Å². The van der Waals surface area contributed by atoms with Crippen LogP contribution in [0.4, 0.5) is 14.4 Å². The minimum Gasteiger partial charge on any atom is -0.444 e. The Morgan fingerprint density at radius 2 is 1.62 bits per heavy atom. The van der Waals surface area contributed by atoms with Gasteiger partial charge in [-0.3, -0.25) is 10.6 Å². The van der Waals surface area contributed by atoms with Crippen molar-refractivity contribution >= 4 is 24.2 Å². The van der Waals surface area contributed by atoms with Crippen LogP contribution in [0.5, 0.6) is 0 Å². The van der Waals surface area contributed by atoms with Gasteiger partial charge in [0.05, 0.1) is 0 Å². The maximum atomic E-state index is 12.3. The second kappa shape index (κ2) is 8.35. The van der Waals surface area contributed by atoms with Crippen LogP contribution in [0, 0.1) is 0 Å². The molecule has 1 aliphatic heterocycles. The van der Waals surface area contributed by atoms with Crippen LogP contribution < -0.4 is 16.4 Å². The zero-order valence-corrected chi connectivity index (χ0v) is 16.2. The van der Waals surface area contributed by atoms with E-state index in [2.05, 4.69) is 15.6 Å². The van der Waals surface area contributed by atoms with E-state index in [0.29, 0.717) is 19.5 Å². The van der Waals surface area contributed by atoms with Gasteiger partial charge in [-0.25, -0.2) is 14.4 Å². The first-order valence-corrected chi connectivity index (χ1v) is 8.38. The minimum absolute atomic E-state index is 0.106. The van der Waals surface area contributed by atoms with E-state index in [1.807, 2.05) is 0 Å². The van der Waals surface area contributed by atoms with Gasteiger partial charge in [0.15, 0.2) is 0 Å². The molecule has 148 valence electrons. The van der Waals surface area contributed by atoms with Crippen LogP contribution in [0.3, 0.4) is 0 Å². The fourth-order valence-electron chi connectivity index (χ4n) is 2.02. The number of hydrogen-bond donors (Lipinski definition) is 3. The number of guanidine groups is 1. The molecule has 1 heterocycles. The highest BCUT2D eigenvalue weighted by Crippen LogP contribution is 2.09. The van der Waals surface area contributed by atoms with Crippen LogP contribution in [-0.4, -0.2) is 59.4 Å². The van der Waals surface area contributed by atoms with Crippen molar-refractivity contribution in [2.24, 2.45) is 10.7 Å². The average Bonchev–Trinajstić information content (AvgIpc) is 2.80. The molecule has 0 spiro atoms. The highest BCUT2D eigenvalue weighted by atomic mass is 16.6. The number of nitrogens with two attached hydrogens (primary N) is 1. The van der Waals surface area contributed by atoms with E-state index in [-0.39, 0.29) is 12.0 Å². The van der Waals surface area contributed by atoms with Crippen LogP contribution in [0.1, 0.15) is 48.0 Å². The molecule has 1 saturated heterocycles. The van der Waals surface area contributed by atoms with Crippen LogP contribution in [0.25, 0.3) is 0 Å². The van der Waals surface area contributed by atoms with Crippen LogP contribution in [0.2, 0.25) is 0 Å². The topological polar surface area (TPSA) is 135 Å². The summed E-state index contributed by atoms with van der Waals surface area (Å²) in [5, 5.41) is 4.64. The third-order valence-electron chi connectivity index (χ3n) is 2.95. The Balaban J connectivity index is 2.85. The van der Waals surface area contributed by atoms with Crippen LogP contribution in [0.15, 0.2) is 4.99 Å². The van der Waals surface area contributed by atoms with Gasteiger partial charge in [0.2, 0.25) is 5.96 Å². The molecule has 0 aromatic heterocycles. The summed E-state index contributed by atoms with van der Waals surface area (Å²) in [5.41, 5.74) is 4.25. The molecule has 26 heavy (non-hydrogen) atoms. The van der Waals surface area contributed by atoms with Gasteiger partial charge in [-0.2, -0.15) is 0 Å². The van der Waals surface area contributed by atoms with E-state index >= 15 is 0 Å². The molecule has 10 nitrogen and oxygen atoms in total.